The summed E-state index contributed by atoms with van der Waals surface area (Å²) in [4.78, 5) is 10.4. The molecule has 1 saturated heterocycles. The highest BCUT2D eigenvalue weighted by Gasteiger charge is 2.20. The van der Waals surface area contributed by atoms with Crippen LogP contribution in [0.4, 0.5) is 11.4 Å². The lowest BCUT2D eigenvalue weighted by Crippen LogP contribution is -2.19. The second-order valence-electron chi connectivity index (χ2n) is 3.81. The summed E-state index contributed by atoms with van der Waals surface area (Å²) in [5.41, 5.74) is 0.644. The fourth-order valence-electron chi connectivity index (χ4n) is 1.74. The average molecular weight is 233 g/mol. The first-order valence-corrected chi connectivity index (χ1v) is 5.23. The number of nitrogens with one attached hydrogen (secondary N) is 1. The van der Waals surface area contributed by atoms with E-state index in [1.807, 2.05) is 6.07 Å². The van der Waals surface area contributed by atoms with Gasteiger partial charge in [0.15, 0.2) is 0 Å². The molecule has 1 aromatic carbocycles. The van der Waals surface area contributed by atoms with E-state index in [1.165, 1.54) is 6.07 Å². The molecule has 1 aliphatic heterocycles. The first-order valence-electron chi connectivity index (χ1n) is 5.23. The summed E-state index contributed by atoms with van der Waals surface area (Å²) in [5, 5.41) is 22.7. The molecule has 6 nitrogen and oxygen atoms in total. The Morgan fingerprint density at radius 1 is 1.59 bits per heavy atom. The molecule has 1 unspecified atom stereocenters. The van der Waals surface area contributed by atoms with Gasteiger partial charge in [0.25, 0.3) is 5.69 Å². The van der Waals surface area contributed by atoms with Gasteiger partial charge in [-0.1, -0.05) is 0 Å². The Morgan fingerprint density at radius 3 is 3.00 bits per heavy atom. The van der Waals surface area contributed by atoms with Crippen molar-refractivity contribution >= 4 is 11.4 Å². The molecule has 0 bridgehead atoms. The fraction of sp³-hybridized carbons (Fsp3) is 0.364. The minimum absolute atomic E-state index is 0.0732. The molecule has 0 radical (unpaired) electrons. The number of nitrogens with zero attached hydrogens (tertiary/aromatic N) is 2. The number of nitro benzene ring substituents is 1. The molecule has 0 aliphatic carbocycles. The van der Waals surface area contributed by atoms with Crippen molar-refractivity contribution in [2.75, 3.05) is 18.5 Å². The second-order valence-corrected chi connectivity index (χ2v) is 3.81. The van der Waals surface area contributed by atoms with Gasteiger partial charge >= 0.3 is 0 Å². The largest absolute Gasteiger partial charge is 0.379 e. The fourth-order valence-corrected chi connectivity index (χ4v) is 1.74. The third kappa shape index (κ3) is 2.52. The molecule has 2 rings (SSSR count). The third-order valence-corrected chi connectivity index (χ3v) is 2.61. The number of anilines is 1. The molecule has 1 atom stereocenters. The summed E-state index contributed by atoms with van der Waals surface area (Å²) in [7, 11) is 0. The number of nitro groups is 1. The van der Waals surface area contributed by atoms with Crippen molar-refractivity contribution in [3.05, 3.63) is 33.9 Å². The van der Waals surface area contributed by atoms with Crippen molar-refractivity contribution in [2.45, 2.75) is 12.5 Å². The Labute approximate surface area is 98.0 Å². The van der Waals surface area contributed by atoms with Crippen LogP contribution in [0.5, 0.6) is 0 Å². The van der Waals surface area contributed by atoms with E-state index >= 15 is 0 Å². The topological polar surface area (TPSA) is 88.2 Å². The Morgan fingerprint density at radius 2 is 2.41 bits per heavy atom. The molecule has 0 spiro atoms. The summed E-state index contributed by atoms with van der Waals surface area (Å²) in [6.45, 7) is 1.22. The lowest BCUT2D eigenvalue weighted by atomic mass is 10.1. The molecule has 1 aromatic rings. The number of rotatable bonds is 3. The molecule has 1 N–H and O–H groups in total. The molecule has 0 amide bonds. The van der Waals surface area contributed by atoms with E-state index in [2.05, 4.69) is 5.32 Å². The minimum atomic E-state index is -0.487. The third-order valence-electron chi connectivity index (χ3n) is 2.61. The maximum Gasteiger partial charge on any atom is 0.293 e. The molecule has 0 aromatic heterocycles. The molecular formula is C11H11N3O3. The number of benzene rings is 1. The van der Waals surface area contributed by atoms with Gasteiger partial charge in [-0.15, -0.1) is 0 Å². The monoisotopic (exact) mass is 233 g/mol. The summed E-state index contributed by atoms with van der Waals surface area (Å²) < 4.78 is 5.19. The first kappa shape index (κ1) is 11.4. The van der Waals surface area contributed by atoms with E-state index in [-0.39, 0.29) is 17.3 Å². The van der Waals surface area contributed by atoms with Crippen LogP contribution in [0.3, 0.4) is 0 Å². The summed E-state index contributed by atoms with van der Waals surface area (Å²) in [6, 6.07) is 6.39. The van der Waals surface area contributed by atoms with Gasteiger partial charge in [0.05, 0.1) is 29.2 Å². The first-order chi connectivity index (χ1) is 8.20. The molecule has 88 valence electrons. The van der Waals surface area contributed by atoms with Crippen LogP contribution in [-0.4, -0.2) is 24.2 Å². The van der Waals surface area contributed by atoms with Gasteiger partial charge in [0.1, 0.15) is 5.69 Å². The zero-order valence-corrected chi connectivity index (χ0v) is 9.05. The zero-order chi connectivity index (χ0) is 12.3. The van der Waals surface area contributed by atoms with Crippen molar-refractivity contribution in [3.8, 4) is 6.07 Å². The van der Waals surface area contributed by atoms with Crippen molar-refractivity contribution in [2.24, 2.45) is 0 Å². The van der Waals surface area contributed by atoms with Crippen LogP contribution in [0, 0.1) is 21.4 Å². The highest BCUT2D eigenvalue weighted by Crippen LogP contribution is 2.27. The SMILES string of the molecule is N#Cc1ccc(NC2CCOC2)c([N+](=O)[O-])c1. The quantitative estimate of drug-likeness (QED) is 0.633. The lowest BCUT2D eigenvalue weighted by molar-refractivity contribution is -0.384. The Hall–Kier alpha value is -2.13. The van der Waals surface area contributed by atoms with Gasteiger partial charge in [-0.25, -0.2) is 0 Å². The van der Waals surface area contributed by atoms with Gasteiger partial charge in [-0.05, 0) is 18.6 Å². The summed E-state index contributed by atoms with van der Waals surface area (Å²) in [5.74, 6) is 0. The van der Waals surface area contributed by atoms with Gasteiger partial charge in [-0.2, -0.15) is 5.26 Å². The van der Waals surface area contributed by atoms with Crippen LogP contribution in [0.25, 0.3) is 0 Å². The van der Waals surface area contributed by atoms with E-state index in [1.54, 1.807) is 12.1 Å². The van der Waals surface area contributed by atoms with Crippen LogP contribution in [0.1, 0.15) is 12.0 Å². The zero-order valence-electron chi connectivity index (χ0n) is 9.05. The van der Waals surface area contributed by atoms with E-state index in [4.69, 9.17) is 10.00 Å². The Balaban J connectivity index is 2.26. The van der Waals surface area contributed by atoms with Gasteiger partial charge in [0, 0.05) is 12.7 Å². The Bertz CT molecular complexity index is 475. The van der Waals surface area contributed by atoms with Gasteiger partial charge < -0.3 is 10.1 Å². The maximum atomic E-state index is 10.9. The van der Waals surface area contributed by atoms with E-state index in [9.17, 15) is 10.1 Å². The van der Waals surface area contributed by atoms with E-state index in [0.29, 0.717) is 18.9 Å². The summed E-state index contributed by atoms with van der Waals surface area (Å²) >= 11 is 0. The summed E-state index contributed by atoms with van der Waals surface area (Å²) in [6.07, 6.45) is 0.831. The Kier molecular flexibility index (Phi) is 3.21. The molecular weight excluding hydrogens is 222 g/mol. The van der Waals surface area contributed by atoms with Crippen molar-refractivity contribution in [3.63, 3.8) is 0 Å². The number of hydrogen-bond acceptors (Lipinski definition) is 5. The minimum Gasteiger partial charge on any atom is -0.379 e. The number of nitriles is 1. The van der Waals surface area contributed by atoms with Crippen LogP contribution in [0.15, 0.2) is 18.2 Å². The van der Waals surface area contributed by atoms with Crippen molar-refractivity contribution in [1.29, 1.82) is 5.26 Å². The second kappa shape index (κ2) is 4.80. The van der Waals surface area contributed by atoms with Crippen LogP contribution < -0.4 is 5.32 Å². The van der Waals surface area contributed by atoms with Crippen molar-refractivity contribution < 1.29 is 9.66 Å². The van der Waals surface area contributed by atoms with Gasteiger partial charge in [0.2, 0.25) is 0 Å². The smallest absolute Gasteiger partial charge is 0.293 e. The average Bonchev–Trinajstić information content (AvgIpc) is 2.82. The van der Waals surface area contributed by atoms with E-state index < -0.39 is 4.92 Å². The highest BCUT2D eigenvalue weighted by atomic mass is 16.6. The predicted molar refractivity (Wildman–Crippen MR) is 60.7 cm³/mol. The standard InChI is InChI=1S/C11H11N3O3/c12-6-8-1-2-10(11(5-8)14(15)16)13-9-3-4-17-7-9/h1-2,5,9,13H,3-4,7H2. The molecule has 6 heteroatoms. The normalized spacial score (nSPS) is 18.6. The molecule has 0 saturated carbocycles. The lowest BCUT2D eigenvalue weighted by Gasteiger charge is -2.12. The van der Waals surface area contributed by atoms with Crippen LogP contribution in [-0.2, 0) is 4.74 Å². The predicted octanol–water partition coefficient (Wildman–Crippen LogP) is 1.67. The molecule has 1 aliphatic rings. The van der Waals surface area contributed by atoms with Gasteiger partial charge in [-0.3, -0.25) is 10.1 Å². The number of ether oxygens (including phenoxy) is 1. The highest BCUT2D eigenvalue weighted by molar-refractivity contribution is 5.64. The number of hydrogen-bond donors (Lipinski definition) is 1. The van der Waals surface area contributed by atoms with E-state index in [0.717, 1.165) is 6.42 Å². The molecule has 1 fully saturated rings. The molecule has 17 heavy (non-hydrogen) atoms. The van der Waals surface area contributed by atoms with Crippen molar-refractivity contribution in [1.82, 2.24) is 0 Å². The maximum absolute atomic E-state index is 10.9. The van der Waals surface area contributed by atoms with Crippen LogP contribution in [0.2, 0.25) is 0 Å². The molecule has 1 heterocycles. The van der Waals surface area contributed by atoms with Crippen LogP contribution >= 0.6 is 0 Å².